The van der Waals surface area contributed by atoms with Crippen LogP contribution in [-0.4, -0.2) is 33.2 Å². The number of hydrogen-bond donors (Lipinski definition) is 2. The maximum Gasteiger partial charge on any atom is 0.341 e. The molecule has 8 heteroatoms. The lowest BCUT2D eigenvalue weighted by molar-refractivity contribution is -0.123. The number of rotatable bonds is 4. The molecule has 2 N–H and O–H groups in total. The molecule has 2 rings (SSSR count). The fraction of sp³-hybridized carbons (Fsp3) is 0.462. The van der Waals surface area contributed by atoms with E-state index in [1.54, 1.807) is 0 Å². The van der Waals surface area contributed by atoms with Gasteiger partial charge >= 0.3 is 5.76 Å². The topological polar surface area (TPSA) is 75.3 Å². The molecule has 1 amide bonds. The minimum absolute atomic E-state index is 0.183. The molecule has 116 valence electrons. The van der Waals surface area contributed by atoms with E-state index in [0.717, 1.165) is 18.7 Å². The van der Waals surface area contributed by atoms with E-state index in [1.807, 2.05) is 6.92 Å². The van der Waals surface area contributed by atoms with Crippen molar-refractivity contribution in [1.29, 1.82) is 0 Å². The predicted octanol–water partition coefficient (Wildman–Crippen LogP) is 1.62. The average Bonchev–Trinajstić information content (AvgIpc) is 2.87. The van der Waals surface area contributed by atoms with Gasteiger partial charge in [0.25, 0.3) is 0 Å². The van der Waals surface area contributed by atoms with Gasteiger partial charge in [-0.25, -0.2) is 8.42 Å². The van der Waals surface area contributed by atoms with Gasteiger partial charge in [-0.2, -0.15) is 8.78 Å². The Bertz CT molecular complexity index is 623. The minimum Gasteiger partial charge on any atom is -0.326 e. The summed E-state index contributed by atoms with van der Waals surface area (Å²) in [5.41, 5.74) is -0.144. The molecule has 0 aromatic heterocycles. The highest BCUT2D eigenvalue weighted by molar-refractivity contribution is 7.91. The summed E-state index contributed by atoms with van der Waals surface area (Å²) in [6.45, 7) is 3.16. The molecule has 1 atom stereocenters. The van der Waals surface area contributed by atoms with Gasteiger partial charge in [0.2, 0.25) is 15.7 Å². The number of hydrogen-bond acceptors (Lipinski definition) is 4. The van der Waals surface area contributed by atoms with Gasteiger partial charge in [0, 0.05) is 12.2 Å². The minimum atomic E-state index is -4.61. The van der Waals surface area contributed by atoms with Gasteiger partial charge in [0.15, 0.2) is 0 Å². The first-order chi connectivity index (χ1) is 9.75. The summed E-state index contributed by atoms with van der Waals surface area (Å²) < 4.78 is 47.4. The summed E-state index contributed by atoms with van der Waals surface area (Å²) >= 11 is 0. The summed E-state index contributed by atoms with van der Waals surface area (Å²) in [6.07, 6.45) is 0.705. The number of anilines is 1. The van der Waals surface area contributed by atoms with Crippen molar-refractivity contribution in [2.24, 2.45) is 5.41 Å². The predicted molar refractivity (Wildman–Crippen MR) is 73.9 cm³/mol. The number of alkyl halides is 2. The van der Waals surface area contributed by atoms with Crippen LogP contribution in [-0.2, 0) is 14.6 Å². The first kappa shape index (κ1) is 15.8. The molecule has 0 saturated carbocycles. The van der Waals surface area contributed by atoms with Crippen LogP contribution in [0.1, 0.15) is 13.3 Å². The van der Waals surface area contributed by atoms with Crippen molar-refractivity contribution < 1.29 is 22.0 Å². The van der Waals surface area contributed by atoms with Crippen molar-refractivity contribution in [2.75, 3.05) is 18.4 Å². The molecule has 5 nitrogen and oxygen atoms in total. The van der Waals surface area contributed by atoms with E-state index >= 15 is 0 Å². The number of halogens is 2. The smallest absolute Gasteiger partial charge is 0.326 e. The Kier molecular flexibility index (Phi) is 4.29. The molecule has 0 radical (unpaired) electrons. The van der Waals surface area contributed by atoms with E-state index in [1.165, 1.54) is 12.1 Å². The third-order valence-electron chi connectivity index (χ3n) is 3.59. The molecule has 0 spiro atoms. The zero-order valence-electron chi connectivity index (χ0n) is 11.4. The molecule has 1 aliphatic heterocycles. The fourth-order valence-electron chi connectivity index (χ4n) is 2.12. The second-order valence-electron chi connectivity index (χ2n) is 5.27. The standard InChI is InChI=1S/C13H16F2N2O3S/c1-13(6-7-16-8-13)11(18)17-9-2-4-10(5-3-9)21(19,20)12(14)15/h2-5,12,16H,6-8H2,1H3,(H,17,18). The van der Waals surface area contributed by atoms with Crippen LogP contribution < -0.4 is 10.6 Å². The van der Waals surface area contributed by atoms with E-state index in [9.17, 15) is 22.0 Å². The van der Waals surface area contributed by atoms with Crippen molar-refractivity contribution in [2.45, 2.75) is 24.0 Å². The lowest BCUT2D eigenvalue weighted by Crippen LogP contribution is -2.35. The molecule has 1 aliphatic rings. The van der Waals surface area contributed by atoms with Crippen LogP contribution in [0.5, 0.6) is 0 Å². The first-order valence-corrected chi connectivity index (χ1v) is 7.95. The van der Waals surface area contributed by atoms with Crippen LogP contribution in [0.4, 0.5) is 14.5 Å². The third-order valence-corrected chi connectivity index (χ3v) is 4.99. The Hall–Kier alpha value is -1.54. The van der Waals surface area contributed by atoms with Crippen LogP contribution in [0.15, 0.2) is 29.2 Å². The fourth-order valence-corrected chi connectivity index (χ4v) is 2.84. The zero-order valence-corrected chi connectivity index (χ0v) is 12.2. The van der Waals surface area contributed by atoms with E-state index < -0.39 is 25.9 Å². The molecule has 1 aromatic rings. The van der Waals surface area contributed by atoms with E-state index in [0.29, 0.717) is 18.7 Å². The van der Waals surface area contributed by atoms with E-state index in [-0.39, 0.29) is 5.91 Å². The Labute approximate surface area is 121 Å². The Morgan fingerprint density at radius 1 is 1.33 bits per heavy atom. The molecule has 1 saturated heterocycles. The molecule has 21 heavy (non-hydrogen) atoms. The van der Waals surface area contributed by atoms with Crippen molar-refractivity contribution in [3.05, 3.63) is 24.3 Å². The normalized spacial score (nSPS) is 22.5. The zero-order chi connectivity index (χ0) is 15.7. The molecular weight excluding hydrogens is 302 g/mol. The molecular formula is C13H16F2N2O3S. The van der Waals surface area contributed by atoms with E-state index in [2.05, 4.69) is 10.6 Å². The molecule has 0 bridgehead atoms. The SMILES string of the molecule is CC1(C(=O)Nc2ccc(S(=O)(=O)C(F)F)cc2)CCNC1. The van der Waals surface area contributed by atoms with Gasteiger partial charge in [0.05, 0.1) is 10.3 Å². The van der Waals surface area contributed by atoms with Crippen LogP contribution in [0.3, 0.4) is 0 Å². The number of nitrogens with one attached hydrogen (secondary N) is 2. The quantitative estimate of drug-likeness (QED) is 0.884. The number of sulfone groups is 1. The van der Waals surface area contributed by atoms with Crippen molar-refractivity contribution in [3.63, 3.8) is 0 Å². The molecule has 1 fully saturated rings. The van der Waals surface area contributed by atoms with Gasteiger partial charge in [-0.05, 0) is 44.2 Å². The summed E-state index contributed by atoms with van der Waals surface area (Å²) in [5.74, 6) is -3.64. The van der Waals surface area contributed by atoms with Gasteiger partial charge in [-0.3, -0.25) is 4.79 Å². The lowest BCUT2D eigenvalue weighted by Gasteiger charge is -2.21. The Morgan fingerprint density at radius 3 is 2.43 bits per heavy atom. The molecule has 0 aliphatic carbocycles. The molecule has 1 aromatic carbocycles. The maximum absolute atomic E-state index is 12.4. The van der Waals surface area contributed by atoms with Crippen LogP contribution >= 0.6 is 0 Å². The Balaban J connectivity index is 2.12. The van der Waals surface area contributed by atoms with Crippen LogP contribution in [0.2, 0.25) is 0 Å². The Morgan fingerprint density at radius 2 is 1.95 bits per heavy atom. The van der Waals surface area contributed by atoms with Gasteiger partial charge in [0.1, 0.15) is 0 Å². The molecule has 1 heterocycles. The second-order valence-corrected chi connectivity index (χ2v) is 7.19. The molecule has 1 unspecified atom stereocenters. The van der Waals surface area contributed by atoms with Crippen molar-refractivity contribution in [1.82, 2.24) is 5.32 Å². The highest BCUT2D eigenvalue weighted by Crippen LogP contribution is 2.27. The summed E-state index contributed by atoms with van der Waals surface area (Å²) in [5, 5.41) is 5.77. The number of carbonyl (C=O) groups excluding carboxylic acids is 1. The van der Waals surface area contributed by atoms with Crippen LogP contribution in [0, 0.1) is 5.41 Å². The first-order valence-electron chi connectivity index (χ1n) is 6.40. The second kappa shape index (κ2) is 5.69. The van der Waals surface area contributed by atoms with Crippen molar-refractivity contribution in [3.8, 4) is 0 Å². The largest absolute Gasteiger partial charge is 0.341 e. The number of amides is 1. The average molecular weight is 318 g/mol. The summed E-state index contributed by atoms with van der Waals surface area (Å²) in [7, 11) is -4.61. The highest BCUT2D eigenvalue weighted by atomic mass is 32.2. The van der Waals surface area contributed by atoms with Gasteiger partial charge in [-0.15, -0.1) is 0 Å². The van der Waals surface area contributed by atoms with Gasteiger partial charge < -0.3 is 10.6 Å². The number of benzene rings is 1. The van der Waals surface area contributed by atoms with Crippen molar-refractivity contribution >= 4 is 21.4 Å². The third kappa shape index (κ3) is 3.21. The summed E-state index contributed by atoms with van der Waals surface area (Å²) in [4.78, 5) is 11.7. The van der Waals surface area contributed by atoms with Crippen LogP contribution in [0.25, 0.3) is 0 Å². The maximum atomic E-state index is 12.4. The van der Waals surface area contributed by atoms with E-state index in [4.69, 9.17) is 0 Å². The number of carbonyl (C=O) groups is 1. The summed E-state index contributed by atoms with van der Waals surface area (Å²) in [6, 6.07) is 4.73. The monoisotopic (exact) mass is 318 g/mol. The highest BCUT2D eigenvalue weighted by Gasteiger charge is 2.36. The van der Waals surface area contributed by atoms with Gasteiger partial charge in [-0.1, -0.05) is 0 Å². The lowest BCUT2D eigenvalue weighted by atomic mass is 9.89.